The van der Waals surface area contributed by atoms with Gasteiger partial charge in [0.15, 0.2) is 0 Å². The van der Waals surface area contributed by atoms with E-state index >= 15 is 0 Å². The van der Waals surface area contributed by atoms with Gasteiger partial charge < -0.3 is 9.84 Å². The van der Waals surface area contributed by atoms with Crippen LogP contribution in [0, 0.1) is 0 Å². The van der Waals surface area contributed by atoms with E-state index in [1.807, 2.05) is 18.2 Å². The van der Waals surface area contributed by atoms with Gasteiger partial charge in [0, 0.05) is 0 Å². The van der Waals surface area contributed by atoms with Gasteiger partial charge in [-0.15, -0.1) is 0 Å². The standard InChI is InChI=1S/C19H20O2/c1-2-3-4-11-21-17-8-10-19-15(13-17)6-5-14-12-16(20)7-9-18(14)19/h5-10,12-13,20H,2-4,11H2,1H3. The summed E-state index contributed by atoms with van der Waals surface area (Å²) in [4.78, 5) is 0. The minimum atomic E-state index is 0.303. The summed E-state index contributed by atoms with van der Waals surface area (Å²) in [5.41, 5.74) is 0. The average molecular weight is 280 g/mol. The number of hydrogen-bond acceptors (Lipinski definition) is 2. The van der Waals surface area contributed by atoms with Crippen LogP contribution in [0.5, 0.6) is 11.5 Å². The van der Waals surface area contributed by atoms with Crippen molar-refractivity contribution < 1.29 is 9.84 Å². The van der Waals surface area contributed by atoms with Crippen molar-refractivity contribution in [3.05, 3.63) is 48.5 Å². The number of phenolic OH excluding ortho intramolecular Hbond substituents is 1. The van der Waals surface area contributed by atoms with Crippen LogP contribution in [-0.4, -0.2) is 11.7 Å². The van der Waals surface area contributed by atoms with Gasteiger partial charge in [-0.1, -0.05) is 44.0 Å². The second-order valence-electron chi connectivity index (χ2n) is 5.41. The summed E-state index contributed by atoms with van der Waals surface area (Å²) >= 11 is 0. The number of aromatic hydroxyl groups is 1. The predicted molar refractivity (Wildman–Crippen MR) is 88.1 cm³/mol. The molecule has 0 atom stereocenters. The van der Waals surface area contributed by atoms with Crippen LogP contribution in [0.25, 0.3) is 21.5 Å². The first kappa shape index (κ1) is 13.7. The topological polar surface area (TPSA) is 29.5 Å². The van der Waals surface area contributed by atoms with E-state index in [9.17, 15) is 5.11 Å². The lowest BCUT2D eigenvalue weighted by molar-refractivity contribution is 0.306. The van der Waals surface area contributed by atoms with E-state index in [0.717, 1.165) is 29.5 Å². The Morgan fingerprint density at radius 2 is 1.57 bits per heavy atom. The third kappa shape index (κ3) is 2.94. The molecule has 3 rings (SSSR count). The fourth-order valence-corrected chi connectivity index (χ4v) is 2.67. The number of phenols is 1. The van der Waals surface area contributed by atoms with Gasteiger partial charge in [-0.25, -0.2) is 0 Å². The molecule has 108 valence electrons. The highest BCUT2D eigenvalue weighted by Gasteiger charge is 2.03. The lowest BCUT2D eigenvalue weighted by atomic mass is 10.0. The van der Waals surface area contributed by atoms with Crippen molar-refractivity contribution in [3.8, 4) is 11.5 Å². The normalized spacial score (nSPS) is 11.1. The molecule has 0 amide bonds. The Labute approximate surface area is 125 Å². The van der Waals surface area contributed by atoms with Crippen molar-refractivity contribution in [2.75, 3.05) is 6.61 Å². The van der Waals surface area contributed by atoms with Crippen molar-refractivity contribution in [1.29, 1.82) is 0 Å². The molecule has 0 fully saturated rings. The molecule has 0 saturated heterocycles. The van der Waals surface area contributed by atoms with Crippen molar-refractivity contribution in [2.24, 2.45) is 0 Å². The maximum atomic E-state index is 9.57. The number of ether oxygens (including phenoxy) is 1. The number of unbranched alkanes of at least 4 members (excludes halogenated alkanes) is 2. The zero-order chi connectivity index (χ0) is 14.7. The average Bonchev–Trinajstić information content (AvgIpc) is 2.51. The molecule has 0 saturated carbocycles. The smallest absolute Gasteiger partial charge is 0.119 e. The van der Waals surface area contributed by atoms with Crippen LogP contribution in [0.15, 0.2) is 48.5 Å². The highest BCUT2D eigenvalue weighted by atomic mass is 16.5. The molecular weight excluding hydrogens is 260 g/mol. The van der Waals surface area contributed by atoms with E-state index in [4.69, 9.17) is 4.74 Å². The molecule has 2 heteroatoms. The van der Waals surface area contributed by atoms with Gasteiger partial charge in [0.1, 0.15) is 11.5 Å². The fraction of sp³-hybridized carbons (Fsp3) is 0.263. The first-order valence-corrected chi connectivity index (χ1v) is 7.56. The Hall–Kier alpha value is -2.22. The van der Waals surface area contributed by atoms with Gasteiger partial charge in [-0.3, -0.25) is 0 Å². The monoisotopic (exact) mass is 280 g/mol. The zero-order valence-electron chi connectivity index (χ0n) is 12.3. The molecule has 0 radical (unpaired) electrons. The molecule has 0 spiro atoms. The van der Waals surface area contributed by atoms with Gasteiger partial charge >= 0.3 is 0 Å². The van der Waals surface area contributed by atoms with Crippen molar-refractivity contribution >= 4 is 21.5 Å². The van der Waals surface area contributed by atoms with Crippen LogP contribution in [0.3, 0.4) is 0 Å². The summed E-state index contributed by atoms with van der Waals surface area (Å²) in [6.45, 7) is 2.97. The van der Waals surface area contributed by atoms with E-state index in [-0.39, 0.29) is 0 Å². The summed E-state index contributed by atoms with van der Waals surface area (Å²) < 4.78 is 5.81. The molecule has 0 aliphatic rings. The molecule has 21 heavy (non-hydrogen) atoms. The van der Waals surface area contributed by atoms with Gasteiger partial charge in [0.2, 0.25) is 0 Å². The van der Waals surface area contributed by atoms with Crippen molar-refractivity contribution in [3.63, 3.8) is 0 Å². The minimum Gasteiger partial charge on any atom is -0.508 e. The van der Waals surface area contributed by atoms with Crippen LogP contribution in [-0.2, 0) is 0 Å². The number of fused-ring (bicyclic) bond motifs is 3. The first-order chi connectivity index (χ1) is 10.3. The van der Waals surface area contributed by atoms with Crippen LogP contribution in [0.1, 0.15) is 26.2 Å². The van der Waals surface area contributed by atoms with E-state index in [0.29, 0.717) is 5.75 Å². The highest BCUT2D eigenvalue weighted by Crippen LogP contribution is 2.30. The molecule has 0 aliphatic carbocycles. The quantitative estimate of drug-likeness (QED) is 0.509. The van der Waals surface area contributed by atoms with Crippen LogP contribution in [0.4, 0.5) is 0 Å². The highest BCUT2D eigenvalue weighted by molar-refractivity contribution is 6.08. The van der Waals surface area contributed by atoms with Crippen LogP contribution >= 0.6 is 0 Å². The molecule has 0 aromatic heterocycles. The third-order valence-corrected chi connectivity index (χ3v) is 3.81. The Morgan fingerprint density at radius 1 is 0.857 bits per heavy atom. The second kappa shape index (κ2) is 6.04. The van der Waals surface area contributed by atoms with E-state index < -0.39 is 0 Å². The number of benzene rings is 3. The molecule has 1 N–H and O–H groups in total. The zero-order valence-corrected chi connectivity index (χ0v) is 12.3. The Balaban J connectivity index is 1.92. The molecule has 0 aliphatic heterocycles. The van der Waals surface area contributed by atoms with Crippen LogP contribution in [0.2, 0.25) is 0 Å². The molecule has 3 aromatic rings. The Bertz CT molecular complexity index is 762. The molecule has 0 bridgehead atoms. The van der Waals surface area contributed by atoms with Gasteiger partial charge in [0.05, 0.1) is 6.61 Å². The predicted octanol–water partition coefficient (Wildman–Crippen LogP) is 5.27. The molecule has 0 unspecified atom stereocenters. The molecule has 2 nitrogen and oxygen atoms in total. The summed E-state index contributed by atoms with van der Waals surface area (Å²) in [5, 5.41) is 14.1. The minimum absolute atomic E-state index is 0.303. The number of rotatable bonds is 5. The first-order valence-electron chi connectivity index (χ1n) is 7.56. The summed E-state index contributed by atoms with van der Waals surface area (Å²) in [6.07, 6.45) is 3.52. The SMILES string of the molecule is CCCCCOc1ccc2c(ccc3cc(O)ccc32)c1. The fourth-order valence-electron chi connectivity index (χ4n) is 2.67. The van der Waals surface area contributed by atoms with E-state index in [2.05, 4.69) is 25.1 Å². The van der Waals surface area contributed by atoms with E-state index in [1.54, 1.807) is 12.1 Å². The Morgan fingerprint density at radius 3 is 2.33 bits per heavy atom. The maximum absolute atomic E-state index is 9.57. The van der Waals surface area contributed by atoms with Gasteiger partial charge in [-0.2, -0.15) is 0 Å². The summed E-state index contributed by atoms with van der Waals surface area (Å²) in [6, 6.07) is 15.8. The van der Waals surface area contributed by atoms with Gasteiger partial charge in [0.25, 0.3) is 0 Å². The summed E-state index contributed by atoms with van der Waals surface area (Å²) in [7, 11) is 0. The largest absolute Gasteiger partial charge is 0.508 e. The summed E-state index contributed by atoms with van der Waals surface area (Å²) in [5.74, 6) is 1.23. The number of hydrogen-bond donors (Lipinski definition) is 1. The van der Waals surface area contributed by atoms with Crippen molar-refractivity contribution in [1.82, 2.24) is 0 Å². The lowest BCUT2D eigenvalue weighted by Crippen LogP contribution is -1.96. The third-order valence-electron chi connectivity index (χ3n) is 3.81. The molecular formula is C19H20O2. The van der Waals surface area contributed by atoms with Crippen molar-refractivity contribution in [2.45, 2.75) is 26.2 Å². The maximum Gasteiger partial charge on any atom is 0.119 e. The Kier molecular flexibility index (Phi) is 3.96. The van der Waals surface area contributed by atoms with Gasteiger partial charge in [-0.05, 0) is 52.2 Å². The lowest BCUT2D eigenvalue weighted by Gasteiger charge is -2.09. The molecule has 0 heterocycles. The van der Waals surface area contributed by atoms with E-state index in [1.165, 1.54) is 23.6 Å². The van der Waals surface area contributed by atoms with Crippen LogP contribution < -0.4 is 4.74 Å². The molecule has 3 aromatic carbocycles. The second-order valence-corrected chi connectivity index (χ2v) is 5.41.